The fraction of sp³-hybridized carbons (Fsp3) is 0.484. The van der Waals surface area contributed by atoms with Gasteiger partial charge in [-0.3, -0.25) is 14.3 Å². The van der Waals surface area contributed by atoms with Crippen LogP contribution in [0.1, 0.15) is 37.8 Å². The van der Waals surface area contributed by atoms with Crippen LogP contribution in [0.2, 0.25) is 0 Å². The van der Waals surface area contributed by atoms with Gasteiger partial charge in [0.2, 0.25) is 5.91 Å². The van der Waals surface area contributed by atoms with Crippen molar-refractivity contribution in [1.29, 1.82) is 0 Å². The number of amides is 1. The highest BCUT2D eigenvalue weighted by atomic mass is 16.2. The maximum absolute atomic E-state index is 13.8. The lowest BCUT2D eigenvalue weighted by atomic mass is 9.60. The van der Waals surface area contributed by atoms with Crippen molar-refractivity contribution in [1.82, 2.24) is 19.4 Å². The molecule has 0 spiro atoms. The van der Waals surface area contributed by atoms with Crippen molar-refractivity contribution in [3.8, 4) is 5.69 Å². The van der Waals surface area contributed by atoms with Crippen LogP contribution >= 0.6 is 0 Å². The average molecular weight is 525 g/mol. The van der Waals surface area contributed by atoms with Gasteiger partial charge < -0.3 is 14.7 Å². The van der Waals surface area contributed by atoms with E-state index in [1.807, 2.05) is 61.8 Å². The van der Waals surface area contributed by atoms with Crippen LogP contribution in [0.3, 0.4) is 0 Å². The molecule has 4 aliphatic rings. The average Bonchev–Trinajstić information content (AvgIpc) is 3.65. The number of para-hydroxylation sites is 1. The molecule has 5 heterocycles. The van der Waals surface area contributed by atoms with Crippen molar-refractivity contribution in [2.24, 2.45) is 16.7 Å². The molecule has 202 valence electrons. The second-order valence-electron chi connectivity index (χ2n) is 12.2. The van der Waals surface area contributed by atoms with E-state index < -0.39 is 0 Å². The second kappa shape index (κ2) is 9.21. The van der Waals surface area contributed by atoms with Crippen LogP contribution in [0, 0.1) is 23.7 Å². The fourth-order valence-electron chi connectivity index (χ4n) is 8.08. The van der Waals surface area contributed by atoms with Gasteiger partial charge in [-0.05, 0) is 50.5 Å². The summed E-state index contributed by atoms with van der Waals surface area (Å²) < 4.78 is 1.68. The number of likely N-dealkylation sites (tertiary alicyclic amines) is 1. The summed E-state index contributed by atoms with van der Waals surface area (Å²) in [6, 6.07) is 15.8. The molecular formula is C31H36N6O2. The molecular weight excluding hydrogens is 488 g/mol. The highest BCUT2D eigenvalue weighted by Gasteiger charge is 2.64. The van der Waals surface area contributed by atoms with Gasteiger partial charge in [0.15, 0.2) is 0 Å². The molecule has 3 aromatic rings. The summed E-state index contributed by atoms with van der Waals surface area (Å²) in [7, 11) is 0. The van der Waals surface area contributed by atoms with Gasteiger partial charge in [-0.15, -0.1) is 0 Å². The summed E-state index contributed by atoms with van der Waals surface area (Å²) in [5, 5.41) is 0. The van der Waals surface area contributed by atoms with Crippen molar-refractivity contribution in [3.05, 3.63) is 77.1 Å². The topological polar surface area (TPSA) is 74.6 Å². The number of benzene rings is 1. The molecule has 39 heavy (non-hydrogen) atoms. The Labute approximate surface area is 229 Å². The number of aromatic nitrogens is 3. The first kappa shape index (κ1) is 24.4. The summed E-state index contributed by atoms with van der Waals surface area (Å²) in [4.78, 5) is 42.5. The molecule has 0 N–H and O–H groups in total. The van der Waals surface area contributed by atoms with Crippen molar-refractivity contribution < 1.29 is 4.79 Å². The van der Waals surface area contributed by atoms with Crippen LogP contribution < -0.4 is 15.5 Å². The Morgan fingerprint density at radius 2 is 1.59 bits per heavy atom. The molecule has 2 aromatic heterocycles. The summed E-state index contributed by atoms with van der Waals surface area (Å²) in [5.74, 6) is 1.16. The monoisotopic (exact) mass is 524 g/mol. The van der Waals surface area contributed by atoms with E-state index in [2.05, 4.69) is 30.7 Å². The zero-order chi connectivity index (χ0) is 26.6. The quantitative estimate of drug-likeness (QED) is 0.519. The van der Waals surface area contributed by atoms with Crippen LogP contribution in [0.4, 0.5) is 11.5 Å². The number of carbonyl (C=O) groups is 1. The Hall–Kier alpha value is -3.68. The van der Waals surface area contributed by atoms with Gasteiger partial charge in [0.25, 0.3) is 0 Å². The minimum Gasteiger partial charge on any atom is -0.371 e. The Bertz CT molecular complexity index is 1420. The van der Waals surface area contributed by atoms with Crippen molar-refractivity contribution in [3.63, 3.8) is 0 Å². The SMILES string of the molecule is Cc1cc(N2CC34CCCCC3(CN(C(=O)C3CCN(c5ccncc5)C3)C4)C2)nc(=O)n1-c1ccccc1. The highest BCUT2D eigenvalue weighted by molar-refractivity contribution is 5.81. The lowest BCUT2D eigenvalue weighted by molar-refractivity contribution is -0.134. The molecule has 3 atom stereocenters. The first-order chi connectivity index (χ1) is 19.0. The van der Waals surface area contributed by atoms with E-state index in [9.17, 15) is 9.59 Å². The number of aryl methyl sites for hydroxylation is 1. The van der Waals surface area contributed by atoms with Gasteiger partial charge in [0.1, 0.15) is 5.82 Å². The minimum absolute atomic E-state index is 0.0536. The van der Waals surface area contributed by atoms with E-state index in [0.717, 1.165) is 81.4 Å². The van der Waals surface area contributed by atoms with E-state index in [1.165, 1.54) is 12.8 Å². The first-order valence-corrected chi connectivity index (χ1v) is 14.3. The lowest BCUT2D eigenvalue weighted by Crippen LogP contribution is -2.42. The van der Waals surface area contributed by atoms with E-state index in [0.29, 0.717) is 5.91 Å². The highest BCUT2D eigenvalue weighted by Crippen LogP contribution is 2.60. The summed E-state index contributed by atoms with van der Waals surface area (Å²) >= 11 is 0. The lowest BCUT2D eigenvalue weighted by Gasteiger charge is -2.41. The summed E-state index contributed by atoms with van der Waals surface area (Å²) in [6.07, 6.45) is 9.24. The molecule has 1 aromatic carbocycles. The van der Waals surface area contributed by atoms with E-state index in [1.54, 1.807) is 4.57 Å². The van der Waals surface area contributed by atoms with Gasteiger partial charge in [0.05, 0.1) is 11.6 Å². The first-order valence-electron chi connectivity index (χ1n) is 14.3. The van der Waals surface area contributed by atoms with Crippen molar-refractivity contribution in [2.45, 2.75) is 39.0 Å². The Morgan fingerprint density at radius 3 is 2.26 bits per heavy atom. The van der Waals surface area contributed by atoms with Crippen LogP contribution in [-0.2, 0) is 4.79 Å². The summed E-state index contributed by atoms with van der Waals surface area (Å²) in [6.45, 7) is 7.07. The predicted molar refractivity (Wildman–Crippen MR) is 151 cm³/mol. The number of anilines is 2. The normalized spacial score (nSPS) is 28.0. The number of nitrogens with zero attached hydrogens (tertiary/aromatic N) is 6. The third-order valence-electron chi connectivity index (χ3n) is 9.97. The van der Waals surface area contributed by atoms with Gasteiger partial charge in [-0.2, -0.15) is 4.98 Å². The van der Waals surface area contributed by atoms with Crippen LogP contribution in [0.5, 0.6) is 0 Å². The van der Waals surface area contributed by atoms with Gasteiger partial charge in [0, 0.05) is 79.9 Å². The number of rotatable bonds is 4. The number of hydrogen-bond donors (Lipinski definition) is 0. The third kappa shape index (κ3) is 3.95. The minimum atomic E-state index is -0.233. The predicted octanol–water partition coefficient (Wildman–Crippen LogP) is 3.67. The molecule has 1 aliphatic carbocycles. The molecule has 3 saturated heterocycles. The van der Waals surface area contributed by atoms with Gasteiger partial charge in [-0.25, -0.2) is 4.79 Å². The molecule has 0 bridgehead atoms. The number of hydrogen-bond acceptors (Lipinski definition) is 6. The van der Waals surface area contributed by atoms with E-state index >= 15 is 0 Å². The molecule has 4 fully saturated rings. The van der Waals surface area contributed by atoms with Crippen molar-refractivity contribution in [2.75, 3.05) is 49.1 Å². The molecule has 0 radical (unpaired) electrons. The molecule has 8 nitrogen and oxygen atoms in total. The molecule has 1 saturated carbocycles. The standard InChI is InChI=1S/C31H36N6O2/c1-23-17-27(33-29(39)37(23)26-7-3-2-4-8-26)35-19-30-12-5-6-13-31(30,20-35)22-36(21-30)28(38)24-11-16-34(18-24)25-9-14-32-15-10-25/h2-4,7-10,14-15,17,24H,5-6,11-13,16,18-22H2,1H3. The molecule has 8 heteroatoms. The smallest absolute Gasteiger partial charge is 0.354 e. The van der Waals surface area contributed by atoms with E-state index in [4.69, 9.17) is 0 Å². The third-order valence-corrected chi connectivity index (χ3v) is 9.97. The molecule has 3 unspecified atom stereocenters. The second-order valence-corrected chi connectivity index (χ2v) is 12.2. The molecule has 3 aliphatic heterocycles. The maximum atomic E-state index is 13.8. The summed E-state index contributed by atoms with van der Waals surface area (Å²) in [5.41, 5.74) is 2.80. The fourth-order valence-corrected chi connectivity index (χ4v) is 8.08. The number of carbonyl (C=O) groups excluding carboxylic acids is 1. The number of pyridine rings is 1. The van der Waals surface area contributed by atoms with Crippen molar-refractivity contribution >= 4 is 17.4 Å². The zero-order valence-electron chi connectivity index (χ0n) is 22.6. The van der Waals surface area contributed by atoms with Crippen LogP contribution in [-0.4, -0.2) is 64.6 Å². The largest absolute Gasteiger partial charge is 0.371 e. The van der Waals surface area contributed by atoms with Crippen LogP contribution in [0.25, 0.3) is 5.69 Å². The zero-order valence-corrected chi connectivity index (χ0v) is 22.6. The maximum Gasteiger partial charge on any atom is 0.354 e. The van der Waals surface area contributed by atoms with Gasteiger partial charge >= 0.3 is 5.69 Å². The Morgan fingerprint density at radius 1 is 0.897 bits per heavy atom. The molecule has 1 amide bonds. The molecule has 7 rings (SSSR count). The van der Waals surface area contributed by atoms with Crippen LogP contribution in [0.15, 0.2) is 65.7 Å². The Kier molecular flexibility index (Phi) is 5.75. The Balaban J connectivity index is 1.11. The van der Waals surface area contributed by atoms with E-state index in [-0.39, 0.29) is 22.4 Å². The van der Waals surface area contributed by atoms with Gasteiger partial charge in [-0.1, -0.05) is 31.0 Å².